The number of halogens is 2. The second kappa shape index (κ2) is 6.04. The first kappa shape index (κ1) is 14.5. The van der Waals surface area contributed by atoms with Crippen molar-refractivity contribution in [3.8, 4) is 0 Å². The predicted molar refractivity (Wildman–Crippen MR) is 80.7 cm³/mol. The molecular formula is C15H17ClFNS. The third kappa shape index (κ3) is 2.99. The molecule has 0 aliphatic heterocycles. The number of aryl methyl sites for hydroxylation is 2. The summed E-state index contributed by atoms with van der Waals surface area (Å²) >= 11 is 7.95. The van der Waals surface area contributed by atoms with Crippen LogP contribution < -0.4 is 5.32 Å². The molecule has 1 unspecified atom stereocenters. The highest BCUT2D eigenvalue weighted by Gasteiger charge is 2.19. The van der Waals surface area contributed by atoms with E-state index in [1.807, 2.05) is 31.4 Å². The van der Waals surface area contributed by atoms with E-state index in [1.165, 1.54) is 0 Å². The van der Waals surface area contributed by atoms with E-state index in [9.17, 15) is 4.39 Å². The lowest BCUT2D eigenvalue weighted by Crippen LogP contribution is -2.21. The van der Waals surface area contributed by atoms with E-state index in [2.05, 4.69) is 5.32 Å². The van der Waals surface area contributed by atoms with Gasteiger partial charge in [0.1, 0.15) is 5.82 Å². The fourth-order valence-corrected chi connectivity index (χ4v) is 3.40. The van der Waals surface area contributed by atoms with Crippen molar-refractivity contribution >= 4 is 22.9 Å². The van der Waals surface area contributed by atoms with Crippen LogP contribution in [0.15, 0.2) is 23.6 Å². The smallest absolute Gasteiger partial charge is 0.126 e. The Morgan fingerprint density at radius 3 is 2.58 bits per heavy atom. The summed E-state index contributed by atoms with van der Waals surface area (Å²) in [6.45, 7) is 6.59. The normalized spacial score (nSPS) is 12.7. The van der Waals surface area contributed by atoms with E-state index in [0.29, 0.717) is 5.56 Å². The maximum Gasteiger partial charge on any atom is 0.126 e. The number of benzene rings is 1. The summed E-state index contributed by atoms with van der Waals surface area (Å²) in [5.74, 6) is -0.176. The van der Waals surface area contributed by atoms with Crippen LogP contribution in [0.5, 0.6) is 0 Å². The molecule has 0 spiro atoms. The van der Waals surface area contributed by atoms with E-state index in [-0.39, 0.29) is 11.9 Å². The minimum atomic E-state index is -0.176. The number of thiophene rings is 1. The lowest BCUT2D eigenvalue weighted by Gasteiger charge is -2.18. The largest absolute Gasteiger partial charge is 0.306 e. The van der Waals surface area contributed by atoms with Gasteiger partial charge in [-0.05, 0) is 48.5 Å². The molecule has 0 aliphatic carbocycles. The van der Waals surface area contributed by atoms with Crippen LogP contribution in [0.2, 0.25) is 5.02 Å². The molecule has 19 heavy (non-hydrogen) atoms. The Kier molecular flexibility index (Phi) is 4.61. The summed E-state index contributed by atoms with van der Waals surface area (Å²) in [5, 5.41) is 6.18. The molecule has 0 aliphatic rings. The van der Waals surface area contributed by atoms with Gasteiger partial charge in [0.05, 0.1) is 11.1 Å². The first-order chi connectivity index (χ1) is 9.04. The van der Waals surface area contributed by atoms with Crippen molar-refractivity contribution in [1.29, 1.82) is 0 Å². The third-order valence-corrected chi connectivity index (χ3v) is 4.90. The number of nitrogens with one attached hydrogen (secondary N) is 1. The van der Waals surface area contributed by atoms with Crippen molar-refractivity contribution in [2.24, 2.45) is 0 Å². The monoisotopic (exact) mass is 297 g/mol. The molecule has 1 atom stereocenters. The zero-order valence-electron chi connectivity index (χ0n) is 11.3. The first-order valence-electron chi connectivity index (χ1n) is 6.27. The first-order valence-corrected chi connectivity index (χ1v) is 7.53. The van der Waals surface area contributed by atoms with Crippen molar-refractivity contribution in [3.05, 3.63) is 56.0 Å². The minimum absolute atomic E-state index is 0.0497. The summed E-state index contributed by atoms with van der Waals surface area (Å²) in [6, 6.07) is 5.31. The zero-order chi connectivity index (χ0) is 14.0. The van der Waals surface area contributed by atoms with Gasteiger partial charge in [-0.25, -0.2) is 4.39 Å². The molecule has 2 rings (SSSR count). The topological polar surface area (TPSA) is 12.0 Å². The summed E-state index contributed by atoms with van der Waals surface area (Å²) < 4.78 is 13.7. The van der Waals surface area contributed by atoms with Crippen molar-refractivity contribution in [2.45, 2.75) is 26.8 Å². The van der Waals surface area contributed by atoms with Crippen LogP contribution >= 0.6 is 22.9 Å². The summed E-state index contributed by atoms with van der Waals surface area (Å²) in [4.78, 5) is 1.05. The van der Waals surface area contributed by atoms with E-state index < -0.39 is 0 Å². The maximum absolute atomic E-state index is 13.7. The molecule has 0 saturated heterocycles. The van der Waals surface area contributed by atoms with Gasteiger partial charge >= 0.3 is 0 Å². The fraction of sp³-hybridized carbons (Fsp3) is 0.333. The second-order valence-corrected chi connectivity index (χ2v) is 5.89. The molecular weight excluding hydrogens is 281 g/mol. The molecule has 1 N–H and O–H groups in total. The summed E-state index contributed by atoms with van der Waals surface area (Å²) in [7, 11) is 0. The van der Waals surface area contributed by atoms with Crippen LogP contribution in [0.4, 0.5) is 4.39 Å². The minimum Gasteiger partial charge on any atom is -0.306 e. The van der Waals surface area contributed by atoms with Crippen molar-refractivity contribution < 1.29 is 4.39 Å². The molecule has 0 fully saturated rings. The van der Waals surface area contributed by atoms with E-state index >= 15 is 0 Å². The van der Waals surface area contributed by atoms with Gasteiger partial charge in [0, 0.05) is 4.88 Å². The van der Waals surface area contributed by atoms with Crippen molar-refractivity contribution in [1.82, 2.24) is 5.32 Å². The van der Waals surface area contributed by atoms with Crippen molar-refractivity contribution in [2.75, 3.05) is 6.54 Å². The fourth-order valence-electron chi connectivity index (χ4n) is 2.00. The lowest BCUT2D eigenvalue weighted by molar-refractivity contribution is 0.600. The van der Waals surface area contributed by atoms with Gasteiger partial charge in [-0.1, -0.05) is 30.7 Å². The zero-order valence-corrected chi connectivity index (χ0v) is 12.8. The molecule has 1 heterocycles. The summed E-state index contributed by atoms with van der Waals surface area (Å²) in [6.07, 6.45) is 0. The number of hydrogen-bond donors (Lipinski definition) is 1. The average molecular weight is 298 g/mol. The molecule has 102 valence electrons. The second-order valence-electron chi connectivity index (χ2n) is 4.60. The lowest BCUT2D eigenvalue weighted by atomic mass is 10.0. The maximum atomic E-state index is 13.7. The van der Waals surface area contributed by atoms with Gasteiger partial charge in [0.25, 0.3) is 0 Å². The van der Waals surface area contributed by atoms with Gasteiger partial charge in [-0.2, -0.15) is 0 Å². The molecule has 1 aromatic carbocycles. The Bertz CT molecular complexity index is 580. The van der Waals surface area contributed by atoms with Gasteiger partial charge in [-0.15, -0.1) is 11.3 Å². The van der Waals surface area contributed by atoms with Gasteiger partial charge < -0.3 is 5.32 Å². The Labute approximate surface area is 122 Å². The van der Waals surface area contributed by atoms with Crippen LogP contribution in [0.3, 0.4) is 0 Å². The predicted octanol–water partition coefficient (Wildman–Crippen LogP) is 4.86. The average Bonchev–Trinajstić information content (AvgIpc) is 2.71. The molecule has 2 aromatic rings. The Morgan fingerprint density at radius 2 is 2.05 bits per heavy atom. The highest BCUT2D eigenvalue weighted by atomic mass is 35.5. The van der Waals surface area contributed by atoms with Crippen LogP contribution in [0.25, 0.3) is 0 Å². The van der Waals surface area contributed by atoms with E-state index in [4.69, 9.17) is 11.6 Å². The van der Waals surface area contributed by atoms with Gasteiger partial charge in [0.15, 0.2) is 0 Å². The quantitative estimate of drug-likeness (QED) is 0.850. The molecule has 0 radical (unpaired) electrons. The van der Waals surface area contributed by atoms with E-state index in [0.717, 1.165) is 27.6 Å². The third-order valence-electron chi connectivity index (χ3n) is 3.12. The summed E-state index contributed by atoms with van der Waals surface area (Å²) in [5.41, 5.74) is 2.64. The van der Waals surface area contributed by atoms with Crippen LogP contribution in [-0.4, -0.2) is 6.54 Å². The van der Waals surface area contributed by atoms with Gasteiger partial charge in [-0.3, -0.25) is 0 Å². The van der Waals surface area contributed by atoms with Crippen molar-refractivity contribution in [3.63, 3.8) is 0 Å². The Hall–Kier alpha value is -0.900. The molecule has 0 saturated carbocycles. The molecule has 1 aromatic heterocycles. The number of rotatable bonds is 4. The highest BCUT2D eigenvalue weighted by Crippen LogP contribution is 2.36. The van der Waals surface area contributed by atoms with Gasteiger partial charge in [0.2, 0.25) is 0 Å². The van der Waals surface area contributed by atoms with Crippen LogP contribution in [-0.2, 0) is 0 Å². The highest BCUT2D eigenvalue weighted by molar-refractivity contribution is 7.10. The van der Waals surface area contributed by atoms with Crippen LogP contribution in [0.1, 0.15) is 34.5 Å². The Balaban J connectivity index is 2.45. The molecule has 1 nitrogen and oxygen atoms in total. The molecule has 4 heteroatoms. The standard InChI is InChI=1S/C15H17ClFNS/c1-4-18-14(15-13(16)10(3)8-19-15)11-6-5-9(2)12(17)7-11/h5-8,14,18H,4H2,1-3H3. The van der Waals surface area contributed by atoms with Crippen LogP contribution in [0, 0.1) is 19.7 Å². The number of hydrogen-bond acceptors (Lipinski definition) is 2. The SMILES string of the molecule is CCNC(c1ccc(C)c(F)c1)c1scc(C)c1Cl. The van der Waals surface area contributed by atoms with E-state index in [1.54, 1.807) is 24.3 Å². The molecule has 0 bridgehead atoms. The Morgan fingerprint density at radius 1 is 1.32 bits per heavy atom. The molecule has 0 amide bonds.